The zero-order chi connectivity index (χ0) is 8.97. The molecule has 0 spiro atoms. The maximum atomic E-state index is 12.6. The van der Waals surface area contributed by atoms with Crippen LogP contribution in [0.25, 0.3) is 0 Å². The van der Waals surface area contributed by atoms with Crippen molar-refractivity contribution in [3.8, 4) is 0 Å². The van der Waals surface area contributed by atoms with E-state index in [1.807, 2.05) is 6.07 Å². The number of amidine groups is 1. The summed E-state index contributed by atoms with van der Waals surface area (Å²) in [7, 11) is 0. The van der Waals surface area contributed by atoms with Gasteiger partial charge in [0.15, 0.2) is 0 Å². The van der Waals surface area contributed by atoms with Crippen LogP contribution in [-0.4, -0.2) is 5.84 Å². The van der Waals surface area contributed by atoms with Crippen molar-refractivity contribution >= 4 is 18.2 Å². The topological polar surface area (TPSA) is 49.9 Å². The molecular weight excluding hydrogens is 191 g/mol. The van der Waals surface area contributed by atoms with Gasteiger partial charge in [-0.05, 0) is 24.1 Å². The summed E-state index contributed by atoms with van der Waals surface area (Å²) < 4.78 is 12.6. The van der Waals surface area contributed by atoms with Crippen LogP contribution in [0.2, 0.25) is 0 Å². The lowest BCUT2D eigenvalue weighted by Crippen LogP contribution is -2.10. The molecule has 0 saturated carbocycles. The molecule has 3 N–H and O–H groups in total. The summed E-state index contributed by atoms with van der Waals surface area (Å²) >= 11 is 0. The minimum Gasteiger partial charge on any atom is -0.388 e. The van der Waals surface area contributed by atoms with Crippen LogP contribution in [0.4, 0.5) is 4.39 Å². The molecule has 0 aliphatic rings. The van der Waals surface area contributed by atoms with Crippen LogP contribution in [-0.2, 0) is 6.42 Å². The third-order valence-electron chi connectivity index (χ3n) is 1.57. The first-order valence-corrected chi connectivity index (χ1v) is 3.76. The van der Waals surface area contributed by atoms with E-state index in [2.05, 4.69) is 0 Å². The quantitative estimate of drug-likeness (QED) is 0.573. The van der Waals surface area contributed by atoms with Gasteiger partial charge in [-0.25, -0.2) is 4.39 Å². The Hall–Kier alpha value is -1.09. The molecule has 1 rings (SSSR count). The van der Waals surface area contributed by atoms with Crippen LogP contribution in [0.5, 0.6) is 0 Å². The van der Waals surface area contributed by atoms with E-state index < -0.39 is 0 Å². The number of nitrogens with one attached hydrogen (secondary N) is 1. The molecule has 0 bridgehead atoms. The van der Waals surface area contributed by atoms with Gasteiger partial charge in [-0.3, -0.25) is 5.41 Å². The smallest absolute Gasteiger partial charge is 0.123 e. The lowest BCUT2D eigenvalue weighted by Gasteiger charge is -1.99. The van der Waals surface area contributed by atoms with Gasteiger partial charge >= 0.3 is 0 Å². The summed E-state index contributed by atoms with van der Waals surface area (Å²) in [6.07, 6.45) is 1.12. The number of rotatable bonds is 3. The van der Waals surface area contributed by atoms with Crippen molar-refractivity contribution in [2.24, 2.45) is 5.73 Å². The normalized spacial score (nSPS) is 9.00. The van der Waals surface area contributed by atoms with E-state index >= 15 is 0 Å². The zero-order valence-corrected chi connectivity index (χ0v) is 7.90. The van der Waals surface area contributed by atoms with E-state index in [0.29, 0.717) is 12.8 Å². The Morgan fingerprint density at radius 1 is 1.46 bits per heavy atom. The third-order valence-corrected chi connectivity index (χ3v) is 1.57. The number of halogens is 2. The van der Waals surface area contributed by atoms with Crippen LogP contribution in [0.3, 0.4) is 0 Å². The van der Waals surface area contributed by atoms with Gasteiger partial charge in [0.2, 0.25) is 0 Å². The summed E-state index contributed by atoms with van der Waals surface area (Å²) in [5.74, 6) is -0.102. The van der Waals surface area contributed by atoms with E-state index in [1.54, 1.807) is 6.07 Å². The molecule has 13 heavy (non-hydrogen) atoms. The highest BCUT2D eigenvalue weighted by molar-refractivity contribution is 5.85. The number of aryl methyl sites for hydroxylation is 1. The van der Waals surface area contributed by atoms with E-state index in [0.717, 1.165) is 5.56 Å². The van der Waals surface area contributed by atoms with Gasteiger partial charge in [0, 0.05) is 6.42 Å². The van der Waals surface area contributed by atoms with Crippen molar-refractivity contribution in [1.82, 2.24) is 0 Å². The fourth-order valence-corrected chi connectivity index (χ4v) is 0.971. The molecular formula is C9H12ClFN2. The summed E-state index contributed by atoms with van der Waals surface area (Å²) in [6.45, 7) is 0. The molecule has 0 aromatic heterocycles. The average molecular weight is 203 g/mol. The fraction of sp³-hybridized carbons (Fsp3) is 0.222. The van der Waals surface area contributed by atoms with E-state index in [4.69, 9.17) is 11.1 Å². The summed E-state index contributed by atoms with van der Waals surface area (Å²) in [5, 5.41) is 6.98. The van der Waals surface area contributed by atoms with Crippen LogP contribution in [0, 0.1) is 11.2 Å². The Morgan fingerprint density at radius 3 is 2.69 bits per heavy atom. The maximum Gasteiger partial charge on any atom is 0.123 e. The van der Waals surface area contributed by atoms with Gasteiger partial charge in [0.05, 0.1) is 5.84 Å². The second-order valence-corrected chi connectivity index (χ2v) is 2.66. The highest BCUT2D eigenvalue weighted by Gasteiger charge is 1.95. The van der Waals surface area contributed by atoms with Crippen LogP contribution >= 0.6 is 12.4 Å². The van der Waals surface area contributed by atoms with Gasteiger partial charge < -0.3 is 5.73 Å². The molecule has 4 heteroatoms. The van der Waals surface area contributed by atoms with Crippen molar-refractivity contribution < 1.29 is 4.39 Å². The predicted octanol–water partition coefficient (Wildman–Crippen LogP) is 2.12. The third kappa shape index (κ3) is 4.48. The van der Waals surface area contributed by atoms with Crippen molar-refractivity contribution in [3.63, 3.8) is 0 Å². The molecule has 0 radical (unpaired) electrons. The molecule has 1 aromatic rings. The van der Waals surface area contributed by atoms with Crippen molar-refractivity contribution in [2.45, 2.75) is 12.8 Å². The Balaban J connectivity index is 0.00000144. The van der Waals surface area contributed by atoms with Crippen LogP contribution in [0.15, 0.2) is 24.3 Å². The Morgan fingerprint density at radius 2 is 2.15 bits per heavy atom. The highest BCUT2D eigenvalue weighted by Crippen LogP contribution is 2.05. The van der Waals surface area contributed by atoms with Crippen LogP contribution < -0.4 is 5.73 Å². The number of benzene rings is 1. The Labute approximate surface area is 82.9 Å². The van der Waals surface area contributed by atoms with Crippen molar-refractivity contribution in [3.05, 3.63) is 35.6 Å². The van der Waals surface area contributed by atoms with Crippen molar-refractivity contribution in [1.29, 1.82) is 5.41 Å². The Bertz CT molecular complexity index is 289. The number of nitrogens with two attached hydrogens (primary N) is 1. The molecule has 0 atom stereocenters. The number of hydrogen-bond donors (Lipinski definition) is 2. The summed E-state index contributed by atoms with van der Waals surface area (Å²) in [5.41, 5.74) is 6.05. The van der Waals surface area contributed by atoms with Gasteiger partial charge in [-0.1, -0.05) is 12.1 Å². The predicted molar refractivity (Wildman–Crippen MR) is 53.9 cm³/mol. The Kier molecular flexibility index (Phi) is 5.07. The molecule has 0 unspecified atom stereocenters. The first kappa shape index (κ1) is 11.9. The molecule has 1 aromatic carbocycles. The first-order chi connectivity index (χ1) is 5.68. The number of hydrogen-bond acceptors (Lipinski definition) is 1. The van der Waals surface area contributed by atoms with Gasteiger partial charge in [-0.2, -0.15) is 0 Å². The minimum atomic E-state index is -0.240. The lowest BCUT2D eigenvalue weighted by molar-refractivity contribution is 0.625. The SMILES string of the molecule is Cl.N=C(N)CCc1cccc(F)c1. The summed E-state index contributed by atoms with van der Waals surface area (Å²) in [4.78, 5) is 0. The second-order valence-electron chi connectivity index (χ2n) is 2.66. The highest BCUT2D eigenvalue weighted by atomic mass is 35.5. The van der Waals surface area contributed by atoms with Gasteiger partial charge in [0.25, 0.3) is 0 Å². The average Bonchev–Trinajstić information content (AvgIpc) is 2.01. The first-order valence-electron chi connectivity index (χ1n) is 3.76. The monoisotopic (exact) mass is 202 g/mol. The van der Waals surface area contributed by atoms with E-state index in [-0.39, 0.29) is 24.1 Å². The van der Waals surface area contributed by atoms with E-state index in [9.17, 15) is 4.39 Å². The molecule has 0 heterocycles. The molecule has 0 aliphatic heterocycles. The van der Waals surface area contributed by atoms with E-state index in [1.165, 1.54) is 12.1 Å². The fourth-order valence-electron chi connectivity index (χ4n) is 0.971. The largest absolute Gasteiger partial charge is 0.388 e. The van der Waals surface area contributed by atoms with Crippen molar-refractivity contribution in [2.75, 3.05) is 0 Å². The molecule has 2 nitrogen and oxygen atoms in total. The molecule has 0 saturated heterocycles. The molecule has 72 valence electrons. The van der Waals surface area contributed by atoms with Gasteiger partial charge in [-0.15, -0.1) is 12.4 Å². The molecule has 0 aliphatic carbocycles. The standard InChI is InChI=1S/C9H11FN2.ClH/c10-8-3-1-2-7(6-8)4-5-9(11)12;/h1-3,6H,4-5H2,(H3,11,12);1H. The maximum absolute atomic E-state index is 12.6. The lowest BCUT2D eigenvalue weighted by atomic mass is 10.1. The summed E-state index contributed by atoms with van der Waals surface area (Å²) in [6, 6.07) is 6.34. The molecule has 0 fully saturated rings. The second kappa shape index (κ2) is 5.54. The zero-order valence-electron chi connectivity index (χ0n) is 7.09. The molecule has 0 amide bonds. The van der Waals surface area contributed by atoms with Crippen LogP contribution in [0.1, 0.15) is 12.0 Å². The van der Waals surface area contributed by atoms with Gasteiger partial charge in [0.1, 0.15) is 5.82 Å². The minimum absolute atomic E-state index is 0.